The van der Waals surface area contributed by atoms with Crippen LogP contribution in [0.15, 0.2) is 18.2 Å². The molecule has 150 valence electrons. The van der Waals surface area contributed by atoms with Gasteiger partial charge in [-0.3, -0.25) is 9.59 Å². The first-order chi connectivity index (χ1) is 13.3. The number of rotatable bonds is 6. The van der Waals surface area contributed by atoms with Gasteiger partial charge in [-0.2, -0.15) is 0 Å². The van der Waals surface area contributed by atoms with E-state index in [2.05, 4.69) is 27.4 Å². The van der Waals surface area contributed by atoms with Gasteiger partial charge in [0.1, 0.15) is 0 Å². The number of aromatic nitrogens is 1. The minimum absolute atomic E-state index is 0.0787. The highest BCUT2D eigenvalue weighted by atomic mass is 32.1. The van der Waals surface area contributed by atoms with E-state index in [0.717, 1.165) is 35.6 Å². The molecule has 1 saturated heterocycles. The summed E-state index contributed by atoms with van der Waals surface area (Å²) in [7, 11) is 0. The van der Waals surface area contributed by atoms with Gasteiger partial charge in [-0.25, -0.2) is 4.98 Å². The molecule has 0 bridgehead atoms. The van der Waals surface area contributed by atoms with Gasteiger partial charge in [0.15, 0.2) is 5.13 Å². The van der Waals surface area contributed by atoms with E-state index in [-0.39, 0.29) is 12.5 Å². The number of piperidine rings is 1. The second kappa shape index (κ2) is 8.60. The number of amides is 2. The summed E-state index contributed by atoms with van der Waals surface area (Å²) in [6, 6.07) is 5.90. The Morgan fingerprint density at radius 3 is 2.75 bits per heavy atom. The Morgan fingerprint density at radius 2 is 2.11 bits per heavy atom. The van der Waals surface area contributed by atoms with Crippen molar-refractivity contribution in [3.63, 3.8) is 0 Å². The van der Waals surface area contributed by atoms with Crippen LogP contribution in [0.2, 0.25) is 0 Å². The van der Waals surface area contributed by atoms with Crippen molar-refractivity contribution in [3.8, 4) is 0 Å². The first kappa shape index (κ1) is 20.1. The fraction of sp³-hybridized carbons (Fsp3) is 0.450. The lowest BCUT2D eigenvalue weighted by molar-refractivity contribution is -0.114. The van der Waals surface area contributed by atoms with Crippen molar-refractivity contribution in [1.82, 2.24) is 4.98 Å². The number of carbonyl (C=O) groups is 2. The summed E-state index contributed by atoms with van der Waals surface area (Å²) in [5, 5.41) is 6.44. The number of carbonyl (C=O) groups excluding carboxylic acids is 2. The van der Waals surface area contributed by atoms with Gasteiger partial charge in [0, 0.05) is 28.8 Å². The summed E-state index contributed by atoms with van der Waals surface area (Å²) in [6.45, 7) is 7.05. The van der Waals surface area contributed by atoms with Crippen LogP contribution in [0.4, 0.5) is 16.5 Å². The maximum atomic E-state index is 12.2. The summed E-state index contributed by atoms with van der Waals surface area (Å²) >= 11 is 1.45. The number of hydrogen-bond acceptors (Lipinski definition) is 6. The van der Waals surface area contributed by atoms with E-state index in [1.165, 1.54) is 17.8 Å². The largest absolute Gasteiger partial charge is 0.376 e. The van der Waals surface area contributed by atoms with Crippen molar-refractivity contribution >= 4 is 39.7 Å². The zero-order valence-corrected chi connectivity index (χ0v) is 17.4. The predicted octanol–water partition coefficient (Wildman–Crippen LogP) is 3.29. The molecular weight excluding hydrogens is 374 g/mol. The number of benzene rings is 1. The molecule has 28 heavy (non-hydrogen) atoms. The molecule has 3 rings (SSSR count). The second-order valence-electron chi connectivity index (χ2n) is 7.20. The third kappa shape index (κ3) is 4.62. The lowest BCUT2D eigenvalue weighted by atomic mass is 10.0. The van der Waals surface area contributed by atoms with Crippen LogP contribution in [0.5, 0.6) is 0 Å². The molecule has 2 aromatic rings. The molecule has 1 aliphatic heterocycles. The standard InChI is InChI=1S/C20H27N5O2S/c1-12-6-4-5-9-25(12)17-8-7-15(10-16(17)19(21)27)22-11-18(26)24-20-23-13(2)14(3)28-20/h7-8,10,12,22H,4-6,9,11H2,1-3H3,(H2,21,27)(H,23,24,26). The summed E-state index contributed by atoms with van der Waals surface area (Å²) in [4.78, 5) is 31.8. The Balaban J connectivity index is 1.68. The van der Waals surface area contributed by atoms with Gasteiger partial charge >= 0.3 is 0 Å². The fourth-order valence-electron chi connectivity index (χ4n) is 3.42. The highest BCUT2D eigenvalue weighted by Crippen LogP contribution is 2.30. The van der Waals surface area contributed by atoms with Crippen LogP contribution in [-0.2, 0) is 4.79 Å². The Labute approximate surface area is 169 Å². The average Bonchev–Trinajstić information content (AvgIpc) is 2.97. The molecule has 1 aliphatic rings. The summed E-state index contributed by atoms with van der Waals surface area (Å²) in [6.07, 6.45) is 3.42. The van der Waals surface area contributed by atoms with Crippen molar-refractivity contribution in [3.05, 3.63) is 34.3 Å². The number of primary amides is 1. The zero-order valence-electron chi connectivity index (χ0n) is 16.5. The van der Waals surface area contributed by atoms with Crippen LogP contribution >= 0.6 is 11.3 Å². The van der Waals surface area contributed by atoms with Crippen molar-refractivity contribution in [2.45, 2.75) is 46.1 Å². The SMILES string of the molecule is Cc1nc(NC(=O)CNc2ccc(N3CCCCC3C)c(C(N)=O)c2)sc1C. The molecule has 1 aromatic heterocycles. The molecule has 1 unspecified atom stereocenters. The normalized spacial score (nSPS) is 16.7. The number of nitrogens with zero attached hydrogens (tertiary/aromatic N) is 2. The van der Waals surface area contributed by atoms with Crippen LogP contribution in [-0.4, -0.2) is 35.9 Å². The average molecular weight is 402 g/mol. The van der Waals surface area contributed by atoms with Gasteiger partial charge in [-0.05, 0) is 58.2 Å². The van der Waals surface area contributed by atoms with Crippen LogP contribution in [0, 0.1) is 13.8 Å². The van der Waals surface area contributed by atoms with E-state index in [9.17, 15) is 9.59 Å². The second-order valence-corrected chi connectivity index (χ2v) is 8.40. The molecule has 1 fully saturated rings. The number of hydrogen-bond donors (Lipinski definition) is 3. The minimum Gasteiger partial charge on any atom is -0.376 e. The number of thiazole rings is 1. The van der Waals surface area contributed by atoms with E-state index < -0.39 is 5.91 Å². The van der Waals surface area contributed by atoms with E-state index >= 15 is 0 Å². The Morgan fingerprint density at radius 1 is 1.32 bits per heavy atom. The van der Waals surface area contributed by atoms with Gasteiger partial charge in [0.05, 0.1) is 17.8 Å². The van der Waals surface area contributed by atoms with E-state index in [0.29, 0.717) is 22.4 Å². The molecule has 0 saturated carbocycles. The number of aryl methyl sites for hydroxylation is 2. The van der Waals surface area contributed by atoms with Crippen molar-refractivity contribution in [1.29, 1.82) is 0 Å². The topological polar surface area (TPSA) is 100 Å². The molecule has 1 aromatic carbocycles. The summed E-state index contributed by atoms with van der Waals surface area (Å²) in [5.74, 6) is -0.655. The smallest absolute Gasteiger partial charge is 0.250 e. The van der Waals surface area contributed by atoms with E-state index in [4.69, 9.17) is 5.73 Å². The highest BCUT2D eigenvalue weighted by molar-refractivity contribution is 7.15. The molecule has 0 radical (unpaired) electrons. The quantitative estimate of drug-likeness (QED) is 0.690. The Bertz CT molecular complexity index is 860. The first-order valence-corrected chi connectivity index (χ1v) is 10.3. The minimum atomic E-state index is -0.463. The van der Waals surface area contributed by atoms with Crippen LogP contribution in [0.25, 0.3) is 0 Å². The molecule has 7 nitrogen and oxygen atoms in total. The predicted molar refractivity (Wildman–Crippen MR) is 114 cm³/mol. The van der Waals surface area contributed by atoms with Crippen LogP contribution in [0.1, 0.15) is 47.1 Å². The van der Waals surface area contributed by atoms with Crippen molar-refractivity contribution in [2.75, 3.05) is 28.6 Å². The molecular formula is C20H27N5O2S. The molecule has 2 amide bonds. The van der Waals surface area contributed by atoms with Crippen LogP contribution in [0.3, 0.4) is 0 Å². The first-order valence-electron chi connectivity index (χ1n) is 9.53. The van der Waals surface area contributed by atoms with Gasteiger partial charge in [0.2, 0.25) is 5.91 Å². The van der Waals surface area contributed by atoms with Gasteiger partial charge in [-0.1, -0.05) is 0 Å². The maximum absolute atomic E-state index is 12.2. The van der Waals surface area contributed by atoms with Gasteiger partial charge < -0.3 is 21.3 Å². The highest BCUT2D eigenvalue weighted by Gasteiger charge is 2.22. The van der Waals surface area contributed by atoms with Crippen LogP contribution < -0.4 is 21.3 Å². The summed E-state index contributed by atoms with van der Waals surface area (Å²) in [5.41, 5.74) is 8.57. The number of nitrogens with one attached hydrogen (secondary N) is 2. The number of nitrogens with two attached hydrogens (primary N) is 1. The fourth-order valence-corrected chi connectivity index (χ4v) is 4.25. The van der Waals surface area contributed by atoms with Gasteiger partial charge in [0.25, 0.3) is 5.91 Å². The Kier molecular flexibility index (Phi) is 6.18. The third-order valence-electron chi connectivity index (χ3n) is 5.10. The Hall–Kier alpha value is -2.61. The molecule has 0 aliphatic carbocycles. The lowest BCUT2D eigenvalue weighted by Gasteiger charge is -2.36. The molecule has 4 N–H and O–H groups in total. The third-order valence-corrected chi connectivity index (χ3v) is 6.09. The van der Waals surface area contributed by atoms with Gasteiger partial charge in [-0.15, -0.1) is 11.3 Å². The van der Waals surface area contributed by atoms with Crippen molar-refractivity contribution in [2.24, 2.45) is 5.73 Å². The maximum Gasteiger partial charge on any atom is 0.250 e. The van der Waals surface area contributed by atoms with E-state index in [1.54, 1.807) is 6.07 Å². The lowest BCUT2D eigenvalue weighted by Crippen LogP contribution is -2.38. The zero-order chi connectivity index (χ0) is 20.3. The molecule has 8 heteroatoms. The van der Waals surface area contributed by atoms with E-state index in [1.807, 2.05) is 26.0 Å². The molecule has 0 spiro atoms. The molecule has 1 atom stereocenters. The van der Waals surface area contributed by atoms with Crippen molar-refractivity contribution < 1.29 is 9.59 Å². The molecule has 2 heterocycles. The number of anilines is 3. The summed E-state index contributed by atoms with van der Waals surface area (Å²) < 4.78 is 0. The monoisotopic (exact) mass is 401 g/mol.